The van der Waals surface area contributed by atoms with Gasteiger partial charge < -0.3 is 11.1 Å². The maximum Gasteiger partial charge on any atom is 0.255 e. The van der Waals surface area contributed by atoms with Gasteiger partial charge in [0.1, 0.15) is 0 Å². The van der Waals surface area contributed by atoms with Crippen LogP contribution in [0.2, 0.25) is 0 Å². The molecular formula is C26H24N2O. The van der Waals surface area contributed by atoms with Crippen molar-refractivity contribution < 1.29 is 4.79 Å². The van der Waals surface area contributed by atoms with E-state index < -0.39 is 0 Å². The summed E-state index contributed by atoms with van der Waals surface area (Å²) in [6.07, 6.45) is 9.11. The Balaban J connectivity index is 1.60. The minimum absolute atomic E-state index is 0.0961. The van der Waals surface area contributed by atoms with Gasteiger partial charge >= 0.3 is 0 Å². The predicted molar refractivity (Wildman–Crippen MR) is 118 cm³/mol. The Hall–Kier alpha value is -3.17. The van der Waals surface area contributed by atoms with E-state index in [4.69, 9.17) is 5.73 Å². The zero-order chi connectivity index (χ0) is 19.8. The van der Waals surface area contributed by atoms with E-state index in [1.807, 2.05) is 36.4 Å². The van der Waals surface area contributed by atoms with Crippen LogP contribution in [0.1, 0.15) is 39.9 Å². The Bertz CT molecular complexity index is 1320. The van der Waals surface area contributed by atoms with Crippen LogP contribution in [-0.4, -0.2) is 5.91 Å². The highest BCUT2D eigenvalue weighted by molar-refractivity contribution is 6.04. The summed E-state index contributed by atoms with van der Waals surface area (Å²) in [4.78, 5) is 12.8. The van der Waals surface area contributed by atoms with Crippen molar-refractivity contribution in [2.24, 2.45) is 5.73 Å². The summed E-state index contributed by atoms with van der Waals surface area (Å²) in [7, 11) is 0. The second-order valence-electron chi connectivity index (χ2n) is 7.79. The molecule has 3 N–H and O–H groups in total. The maximum atomic E-state index is 12.8. The monoisotopic (exact) mass is 380 g/mol. The molecule has 1 amide bonds. The van der Waals surface area contributed by atoms with Crippen LogP contribution >= 0.6 is 0 Å². The summed E-state index contributed by atoms with van der Waals surface area (Å²) in [5, 5.41) is 8.14. The molecule has 0 saturated carbocycles. The molecule has 0 aliphatic heterocycles. The molecule has 5 rings (SSSR count). The Morgan fingerprint density at radius 2 is 1.79 bits per heavy atom. The van der Waals surface area contributed by atoms with Gasteiger partial charge in [-0.3, -0.25) is 4.79 Å². The molecule has 3 heteroatoms. The fourth-order valence-corrected chi connectivity index (χ4v) is 4.54. The van der Waals surface area contributed by atoms with Crippen molar-refractivity contribution in [2.45, 2.75) is 32.2 Å². The summed E-state index contributed by atoms with van der Waals surface area (Å²) in [6.45, 7) is 0.476. The predicted octanol–water partition coefficient (Wildman–Crippen LogP) is 3.14. The summed E-state index contributed by atoms with van der Waals surface area (Å²) in [5.41, 5.74) is 11.1. The molecule has 144 valence electrons. The van der Waals surface area contributed by atoms with E-state index >= 15 is 0 Å². The highest BCUT2D eigenvalue weighted by Gasteiger charge is 2.13. The number of carbonyl (C=O) groups excluding carboxylic acids is 1. The molecule has 0 atom stereocenters. The van der Waals surface area contributed by atoms with Crippen LogP contribution < -0.4 is 21.5 Å². The Morgan fingerprint density at radius 3 is 2.62 bits per heavy atom. The lowest BCUT2D eigenvalue weighted by molar-refractivity contribution is 0.102. The zero-order valence-corrected chi connectivity index (χ0v) is 16.4. The first-order chi connectivity index (χ1) is 14.2. The number of fused-ring (bicyclic) bond motifs is 4. The summed E-state index contributed by atoms with van der Waals surface area (Å²) < 4.78 is 0. The van der Waals surface area contributed by atoms with E-state index in [2.05, 4.69) is 35.7 Å². The highest BCUT2D eigenvalue weighted by atomic mass is 16.1. The quantitative estimate of drug-likeness (QED) is 0.733. The van der Waals surface area contributed by atoms with E-state index in [0.29, 0.717) is 12.1 Å². The Kier molecular flexibility index (Phi) is 4.53. The summed E-state index contributed by atoms with van der Waals surface area (Å²) in [5.74, 6) is -0.0961. The van der Waals surface area contributed by atoms with E-state index in [9.17, 15) is 4.79 Å². The summed E-state index contributed by atoms with van der Waals surface area (Å²) >= 11 is 0. The lowest BCUT2D eigenvalue weighted by Crippen LogP contribution is -2.23. The largest absolute Gasteiger partial charge is 0.326 e. The molecule has 0 saturated heterocycles. The molecule has 0 radical (unpaired) electrons. The molecule has 3 aromatic carbocycles. The molecule has 0 heterocycles. The van der Waals surface area contributed by atoms with Crippen molar-refractivity contribution in [3.63, 3.8) is 0 Å². The standard InChI is InChI=1S/C26H24N2O/c27-16-17-8-10-19(11-9-17)26(29)28-25-7-3-6-21-23-13-12-18-4-1-2-5-20(18)22(23)14-15-24(21)25/h3-4,6-13,15H,1-2,5,14,16,27H2,(H,28,29). The van der Waals surface area contributed by atoms with Crippen LogP contribution in [0.3, 0.4) is 0 Å². The molecule has 0 spiro atoms. The first-order valence-electron chi connectivity index (χ1n) is 10.3. The van der Waals surface area contributed by atoms with Crippen molar-refractivity contribution in [3.8, 4) is 0 Å². The number of nitrogens with one attached hydrogen (secondary N) is 1. The molecule has 3 nitrogen and oxygen atoms in total. The third-order valence-electron chi connectivity index (χ3n) is 6.07. The number of anilines is 1. The van der Waals surface area contributed by atoms with E-state index in [-0.39, 0.29) is 5.91 Å². The van der Waals surface area contributed by atoms with Crippen molar-refractivity contribution in [1.82, 2.24) is 0 Å². The third-order valence-corrected chi connectivity index (χ3v) is 6.07. The second kappa shape index (κ2) is 7.34. The minimum Gasteiger partial charge on any atom is -0.326 e. The minimum atomic E-state index is -0.0961. The van der Waals surface area contributed by atoms with E-state index in [1.54, 1.807) is 0 Å². The van der Waals surface area contributed by atoms with Gasteiger partial charge in [0.25, 0.3) is 5.91 Å². The second-order valence-corrected chi connectivity index (χ2v) is 7.79. The molecule has 2 aliphatic rings. The van der Waals surface area contributed by atoms with Gasteiger partial charge in [0.2, 0.25) is 0 Å². The van der Waals surface area contributed by atoms with Crippen LogP contribution in [-0.2, 0) is 19.4 Å². The van der Waals surface area contributed by atoms with Gasteiger partial charge in [0, 0.05) is 23.0 Å². The average molecular weight is 380 g/mol. The number of hydrogen-bond acceptors (Lipinski definition) is 2. The zero-order valence-electron chi connectivity index (χ0n) is 16.4. The van der Waals surface area contributed by atoms with Gasteiger partial charge in [-0.15, -0.1) is 0 Å². The number of carbonyl (C=O) groups is 1. The van der Waals surface area contributed by atoms with Gasteiger partial charge in [-0.25, -0.2) is 0 Å². The van der Waals surface area contributed by atoms with E-state index in [0.717, 1.165) is 29.3 Å². The van der Waals surface area contributed by atoms with Crippen molar-refractivity contribution in [2.75, 3.05) is 5.32 Å². The topological polar surface area (TPSA) is 55.1 Å². The number of benzene rings is 3. The molecular weight excluding hydrogens is 356 g/mol. The summed E-state index contributed by atoms with van der Waals surface area (Å²) in [6, 6.07) is 18.1. The van der Waals surface area contributed by atoms with Crippen LogP contribution in [0.25, 0.3) is 12.2 Å². The molecule has 2 aliphatic carbocycles. The van der Waals surface area contributed by atoms with Crippen LogP contribution in [0, 0.1) is 10.4 Å². The molecule has 29 heavy (non-hydrogen) atoms. The van der Waals surface area contributed by atoms with Crippen molar-refractivity contribution in [1.29, 1.82) is 0 Å². The van der Waals surface area contributed by atoms with Crippen molar-refractivity contribution >= 4 is 23.7 Å². The molecule has 0 unspecified atom stereocenters. The lowest BCUT2D eigenvalue weighted by Gasteiger charge is -2.17. The number of amides is 1. The van der Waals surface area contributed by atoms with Crippen molar-refractivity contribution in [3.05, 3.63) is 97.7 Å². The van der Waals surface area contributed by atoms with Gasteiger partial charge in [-0.1, -0.05) is 48.6 Å². The lowest BCUT2D eigenvalue weighted by atomic mass is 9.88. The highest BCUT2D eigenvalue weighted by Crippen LogP contribution is 2.19. The van der Waals surface area contributed by atoms with Gasteiger partial charge in [0.05, 0.1) is 0 Å². The van der Waals surface area contributed by atoms with E-state index in [1.165, 1.54) is 39.6 Å². The Labute approximate surface area is 169 Å². The SMILES string of the molecule is NCc1ccc(C(=O)Nc2cccc3c2=CCc2c4c(ccc2=3)=CCCC4)cc1. The van der Waals surface area contributed by atoms with Gasteiger partial charge in [-0.05, 0) is 76.2 Å². The molecule has 0 bridgehead atoms. The smallest absolute Gasteiger partial charge is 0.255 e. The fourth-order valence-electron chi connectivity index (χ4n) is 4.54. The first kappa shape index (κ1) is 17.9. The number of hydrogen-bond donors (Lipinski definition) is 2. The molecule has 0 fully saturated rings. The first-order valence-corrected chi connectivity index (χ1v) is 10.3. The Morgan fingerprint density at radius 1 is 0.931 bits per heavy atom. The van der Waals surface area contributed by atoms with Crippen LogP contribution in [0.15, 0.2) is 54.6 Å². The average Bonchev–Trinajstić information content (AvgIpc) is 2.78. The van der Waals surface area contributed by atoms with Gasteiger partial charge in [-0.2, -0.15) is 0 Å². The third kappa shape index (κ3) is 3.18. The van der Waals surface area contributed by atoms with Crippen LogP contribution in [0.4, 0.5) is 5.69 Å². The number of nitrogens with two attached hydrogens (primary N) is 1. The number of rotatable bonds is 3. The fraction of sp³-hybridized carbons (Fsp3) is 0.192. The molecule has 3 aromatic rings. The normalized spacial score (nSPS) is 14.0. The van der Waals surface area contributed by atoms with Gasteiger partial charge in [0.15, 0.2) is 0 Å². The molecule has 0 aromatic heterocycles. The maximum absolute atomic E-state index is 12.8. The van der Waals surface area contributed by atoms with Crippen LogP contribution in [0.5, 0.6) is 0 Å².